The number of rotatable bonds is 3. The third-order valence-electron chi connectivity index (χ3n) is 5.83. The van der Waals surface area contributed by atoms with E-state index in [-0.39, 0.29) is 36.2 Å². The molecule has 1 aromatic rings. The van der Waals surface area contributed by atoms with Crippen LogP contribution in [0.4, 0.5) is 4.79 Å². The highest BCUT2D eigenvalue weighted by Gasteiger charge is 2.47. The van der Waals surface area contributed by atoms with E-state index in [4.69, 9.17) is 17.3 Å². The molecule has 3 aliphatic rings. The number of sulfone groups is 1. The zero-order chi connectivity index (χ0) is 20.8. The number of hydrogen-bond donors (Lipinski definition) is 2. The normalized spacial score (nSPS) is 28.4. The number of carbonyl (C=O) groups excluding carboxylic acids is 2. The maximum atomic E-state index is 12.7. The molecule has 8 nitrogen and oxygen atoms in total. The minimum Gasteiger partial charge on any atom is -0.369 e. The number of halogens is 1. The summed E-state index contributed by atoms with van der Waals surface area (Å²) in [6.07, 6.45) is 0.424. The van der Waals surface area contributed by atoms with Crippen LogP contribution in [0.15, 0.2) is 35.5 Å². The Kier molecular flexibility index (Phi) is 5.20. The molecule has 3 unspecified atom stereocenters. The lowest BCUT2D eigenvalue weighted by molar-refractivity contribution is -0.121. The van der Waals surface area contributed by atoms with Gasteiger partial charge in [0.05, 0.1) is 23.5 Å². The van der Waals surface area contributed by atoms with Crippen LogP contribution in [0.2, 0.25) is 0 Å². The van der Waals surface area contributed by atoms with Crippen LogP contribution < -0.4 is 11.1 Å². The highest BCUT2D eigenvalue weighted by Crippen LogP contribution is 2.43. The summed E-state index contributed by atoms with van der Waals surface area (Å²) in [7, 11) is -3.08. The molecule has 0 aliphatic carbocycles. The lowest BCUT2D eigenvalue weighted by Gasteiger charge is -2.40. The fourth-order valence-electron chi connectivity index (χ4n) is 4.42. The number of amides is 3. The Bertz CT molecular complexity index is 966. The summed E-state index contributed by atoms with van der Waals surface area (Å²) in [6.45, 7) is 1.18. The highest BCUT2D eigenvalue weighted by atomic mass is 35.5. The van der Waals surface area contributed by atoms with Gasteiger partial charge >= 0.3 is 6.03 Å². The van der Waals surface area contributed by atoms with Gasteiger partial charge in [-0.05, 0) is 12.0 Å². The molecule has 0 spiro atoms. The molecule has 3 amide bonds. The quantitative estimate of drug-likeness (QED) is 0.671. The molecule has 156 valence electrons. The van der Waals surface area contributed by atoms with Crippen molar-refractivity contribution >= 4 is 38.9 Å². The average Bonchev–Trinajstić information content (AvgIpc) is 3.18. The maximum absolute atomic E-state index is 12.7. The molecule has 29 heavy (non-hydrogen) atoms. The summed E-state index contributed by atoms with van der Waals surface area (Å²) >= 11 is 6.63. The molecule has 4 rings (SSSR count). The van der Waals surface area contributed by atoms with E-state index in [0.717, 1.165) is 5.56 Å². The molecule has 0 radical (unpaired) electrons. The molecule has 0 saturated carbocycles. The number of nitrogens with two attached hydrogens (primary N) is 1. The number of benzene rings is 1. The lowest BCUT2D eigenvalue weighted by atomic mass is 9.88. The monoisotopic (exact) mass is 438 g/mol. The van der Waals surface area contributed by atoms with Gasteiger partial charge in [0.15, 0.2) is 9.84 Å². The molecule has 3 aliphatic heterocycles. The van der Waals surface area contributed by atoms with Crippen molar-refractivity contribution in [2.24, 2.45) is 11.7 Å². The van der Waals surface area contributed by atoms with E-state index >= 15 is 0 Å². The number of urea groups is 1. The molecule has 1 aromatic carbocycles. The number of carbonyl (C=O) groups is 2. The van der Waals surface area contributed by atoms with Crippen LogP contribution in [0.1, 0.15) is 12.0 Å². The van der Waals surface area contributed by atoms with Crippen molar-refractivity contribution in [3.63, 3.8) is 0 Å². The first-order valence-electron chi connectivity index (χ1n) is 9.54. The molecule has 3 N–H and O–H groups in total. The third-order valence-corrected chi connectivity index (χ3v) is 8.02. The Morgan fingerprint density at radius 2 is 1.90 bits per heavy atom. The standard InChI is InChI=1S/C19H23ClN4O4S/c20-17-15(12-4-2-1-3-5-12)16(18(21)25)14-10-23(7-8-24(14)17)19(26)22-13-6-9-29(27,28)11-13/h1-5,13-14,16H,6-11H2,(H2,21,25)(H,22,26). The molecular weight excluding hydrogens is 416 g/mol. The second kappa shape index (κ2) is 7.53. The summed E-state index contributed by atoms with van der Waals surface area (Å²) in [6, 6.07) is 8.36. The van der Waals surface area contributed by atoms with Gasteiger partial charge in [-0.2, -0.15) is 0 Å². The molecule has 0 bridgehead atoms. The van der Waals surface area contributed by atoms with Crippen LogP contribution in [0.25, 0.3) is 5.57 Å². The predicted molar refractivity (Wildman–Crippen MR) is 110 cm³/mol. The van der Waals surface area contributed by atoms with Gasteiger partial charge in [0, 0.05) is 31.2 Å². The van der Waals surface area contributed by atoms with E-state index in [1.54, 1.807) is 4.90 Å². The van der Waals surface area contributed by atoms with Crippen molar-refractivity contribution < 1.29 is 18.0 Å². The molecular formula is C19H23ClN4O4S. The van der Waals surface area contributed by atoms with Gasteiger partial charge in [-0.1, -0.05) is 41.9 Å². The number of primary amides is 1. The molecule has 3 atom stereocenters. The summed E-state index contributed by atoms with van der Waals surface area (Å²) in [5, 5.41) is 3.30. The van der Waals surface area contributed by atoms with Crippen molar-refractivity contribution in [2.45, 2.75) is 18.5 Å². The minimum absolute atomic E-state index is 0.0302. The number of nitrogens with one attached hydrogen (secondary N) is 1. The topological polar surface area (TPSA) is 113 Å². The van der Waals surface area contributed by atoms with Gasteiger partial charge in [-0.25, -0.2) is 13.2 Å². The second-order valence-electron chi connectivity index (χ2n) is 7.71. The highest BCUT2D eigenvalue weighted by molar-refractivity contribution is 7.91. The Labute approximate surface area is 174 Å². The van der Waals surface area contributed by atoms with E-state index in [2.05, 4.69) is 5.32 Å². The van der Waals surface area contributed by atoms with Crippen LogP contribution in [0, 0.1) is 5.92 Å². The molecule has 2 saturated heterocycles. The third kappa shape index (κ3) is 3.81. The maximum Gasteiger partial charge on any atom is 0.317 e. The van der Waals surface area contributed by atoms with E-state index in [1.807, 2.05) is 35.2 Å². The predicted octanol–water partition coefficient (Wildman–Crippen LogP) is 0.592. The summed E-state index contributed by atoms with van der Waals surface area (Å²) in [5.41, 5.74) is 7.26. The van der Waals surface area contributed by atoms with Gasteiger partial charge in [0.25, 0.3) is 0 Å². The van der Waals surface area contributed by atoms with Crippen molar-refractivity contribution in [3.05, 3.63) is 41.1 Å². The largest absolute Gasteiger partial charge is 0.369 e. The van der Waals surface area contributed by atoms with E-state index < -0.39 is 21.7 Å². The molecule has 2 fully saturated rings. The molecule has 3 heterocycles. The first-order chi connectivity index (χ1) is 13.8. The van der Waals surface area contributed by atoms with Crippen molar-refractivity contribution in [2.75, 3.05) is 31.1 Å². The average molecular weight is 439 g/mol. The first kappa shape index (κ1) is 20.0. The Morgan fingerprint density at radius 3 is 2.52 bits per heavy atom. The number of piperazine rings is 1. The summed E-state index contributed by atoms with van der Waals surface area (Å²) in [5.74, 6) is -1.05. The Hall–Kier alpha value is -2.26. The summed E-state index contributed by atoms with van der Waals surface area (Å²) in [4.78, 5) is 28.6. The van der Waals surface area contributed by atoms with Crippen molar-refractivity contribution in [1.29, 1.82) is 0 Å². The van der Waals surface area contributed by atoms with E-state index in [1.165, 1.54) is 0 Å². The van der Waals surface area contributed by atoms with E-state index in [0.29, 0.717) is 30.2 Å². The second-order valence-corrected chi connectivity index (χ2v) is 10.3. The van der Waals surface area contributed by atoms with Crippen LogP contribution in [0.5, 0.6) is 0 Å². The van der Waals surface area contributed by atoms with Gasteiger partial charge in [-0.15, -0.1) is 0 Å². The smallest absolute Gasteiger partial charge is 0.317 e. The van der Waals surface area contributed by atoms with Crippen molar-refractivity contribution in [1.82, 2.24) is 15.1 Å². The fraction of sp³-hybridized carbons (Fsp3) is 0.474. The number of fused-ring (bicyclic) bond motifs is 1. The van der Waals surface area contributed by atoms with Gasteiger partial charge in [-0.3, -0.25) is 4.79 Å². The van der Waals surface area contributed by atoms with Gasteiger partial charge in [0.1, 0.15) is 5.16 Å². The number of hydrogen-bond acceptors (Lipinski definition) is 5. The molecule has 10 heteroatoms. The Morgan fingerprint density at radius 1 is 1.17 bits per heavy atom. The van der Waals surface area contributed by atoms with Gasteiger partial charge in [0.2, 0.25) is 5.91 Å². The Balaban J connectivity index is 1.52. The van der Waals surface area contributed by atoms with Crippen molar-refractivity contribution in [3.8, 4) is 0 Å². The minimum atomic E-state index is -3.08. The van der Waals surface area contributed by atoms with Crippen LogP contribution >= 0.6 is 11.6 Å². The zero-order valence-electron chi connectivity index (χ0n) is 15.8. The van der Waals surface area contributed by atoms with E-state index in [9.17, 15) is 18.0 Å². The zero-order valence-corrected chi connectivity index (χ0v) is 17.3. The first-order valence-corrected chi connectivity index (χ1v) is 11.7. The van der Waals surface area contributed by atoms with Crippen LogP contribution in [-0.4, -0.2) is 73.4 Å². The number of nitrogens with zero attached hydrogens (tertiary/aromatic N) is 2. The summed E-state index contributed by atoms with van der Waals surface area (Å²) < 4.78 is 23.3. The lowest BCUT2D eigenvalue weighted by Crippen LogP contribution is -2.58. The van der Waals surface area contributed by atoms with Crippen LogP contribution in [0.3, 0.4) is 0 Å². The van der Waals surface area contributed by atoms with Gasteiger partial charge < -0.3 is 20.9 Å². The van der Waals surface area contributed by atoms with Crippen LogP contribution in [-0.2, 0) is 14.6 Å². The molecule has 0 aromatic heterocycles. The SMILES string of the molecule is NC(=O)C1C(c2ccccc2)=C(Cl)N2CCN(C(=O)NC3CCS(=O)(=O)C3)CC12. The fourth-order valence-corrected chi connectivity index (χ4v) is 6.53.